The molecule has 0 bridgehead atoms. The Labute approximate surface area is 145 Å². The van der Waals surface area contributed by atoms with E-state index in [1.165, 1.54) is 12.1 Å². The summed E-state index contributed by atoms with van der Waals surface area (Å²) in [5, 5.41) is 8.11. The molecule has 130 valence electrons. The average Bonchev–Trinajstić information content (AvgIpc) is 2.97. The third-order valence-corrected chi connectivity index (χ3v) is 4.21. The molecule has 0 spiro atoms. The maximum absolute atomic E-state index is 13.0. The summed E-state index contributed by atoms with van der Waals surface area (Å²) in [5.41, 5.74) is 2.79. The SMILES string of the molecule is Cc1nc2c(cnn2C(C)C)cc1C(=O)N[C@H](C)c1ccc(F)cc1. The predicted molar refractivity (Wildman–Crippen MR) is 94.9 cm³/mol. The Bertz CT molecular complexity index is 915. The summed E-state index contributed by atoms with van der Waals surface area (Å²) in [4.78, 5) is 17.2. The van der Waals surface area contributed by atoms with Gasteiger partial charge in [-0.05, 0) is 51.5 Å². The molecule has 0 saturated carbocycles. The van der Waals surface area contributed by atoms with Crippen molar-refractivity contribution in [2.24, 2.45) is 0 Å². The summed E-state index contributed by atoms with van der Waals surface area (Å²) in [7, 11) is 0. The van der Waals surface area contributed by atoms with Crippen LogP contribution in [0.3, 0.4) is 0 Å². The molecule has 0 fully saturated rings. The number of amides is 1. The quantitative estimate of drug-likeness (QED) is 0.782. The molecule has 2 aromatic heterocycles. The van der Waals surface area contributed by atoms with Crippen molar-refractivity contribution in [3.8, 4) is 0 Å². The number of aromatic nitrogens is 3. The van der Waals surface area contributed by atoms with E-state index in [1.807, 2.05) is 38.4 Å². The van der Waals surface area contributed by atoms with Crippen molar-refractivity contribution >= 4 is 16.9 Å². The van der Waals surface area contributed by atoms with Crippen molar-refractivity contribution in [3.63, 3.8) is 0 Å². The molecule has 0 saturated heterocycles. The molecule has 3 rings (SSSR count). The zero-order chi connectivity index (χ0) is 18.1. The minimum absolute atomic E-state index is 0.197. The van der Waals surface area contributed by atoms with Gasteiger partial charge in [0.2, 0.25) is 0 Å². The van der Waals surface area contributed by atoms with Gasteiger partial charge in [-0.25, -0.2) is 14.1 Å². The van der Waals surface area contributed by atoms with Crippen molar-refractivity contribution < 1.29 is 9.18 Å². The number of aryl methyl sites for hydroxylation is 1. The molecule has 0 aliphatic rings. The number of hydrogen-bond donors (Lipinski definition) is 1. The highest BCUT2D eigenvalue weighted by molar-refractivity contribution is 5.98. The van der Waals surface area contributed by atoms with E-state index >= 15 is 0 Å². The van der Waals surface area contributed by atoms with Gasteiger partial charge < -0.3 is 5.32 Å². The molecule has 25 heavy (non-hydrogen) atoms. The van der Waals surface area contributed by atoms with Gasteiger partial charge in [-0.2, -0.15) is 5.10 Å². The lowest BCUT2D eigenvalue weighted by Crippen LogP contribution is -2.27. The van der Waals surface area contributed by atoms with Gasteiger partial charge in [0.1, 0.15) is 5.82 Å². The number of rotatable bonds is 4. The van der Waals surface area contributed by atoms with Gasteiger partial charge in [-0.3, -0.25) is 4.79 Å². The van der Waals surface area contributed by atoms with Gasteiger partial charge in [-0.15, -0.1) is 0 Å². The van der Waals surface area contributed by atoms with Crippen molar-refractivity contribution in [2.75, 3.05) is 0 Å². The second-order valence-corrected chi connectivity index (χ2v) is 6.46. The second kappa shape index (κ2) is 6.63. The number of hydrogen-bond acceptors (Lipinski definition) is 3. The average molecular weight is 340 g/mol. The molecule has 3 aromatic rings. The standard InChI is InChI=1S/C19H21FN4O/c1-11(2)24-18-15(10-21-24)9-17(13(4)22-18)19(25)23-12(3)14-5-7-16(20)8-6-14/h5-12H,1-4H3,(H,23,25)/t12-/m1/s1. The Morgan fingerprint density at radius 1 is 1.20 bits per heavy atom. The number of nitrogens with zero attached hydrogens (tertiary/aromatic N) is 3. The zero-order valence-electron chi connectivity index (χ0n) is 14.7. The number of nitrogens with one attached hydrogen (secondary N) is 1. The van der Waals surface area contributed by atoms with Crippen LogP contribution in [-0.4, -0.2) is 20.7 Å². The Morgan fingerprint density at radius 2 is 1.88 bits per heavy atom. The van der Waals surface area contributed by atoms with Crippen LogP contribution >= 0.6 is 0 Å². The molecular formula is C19H21FN4O. The number of carbonyl (C=O) groups excluding carboxylic acids is 1. The van der Waals surface area contributed by atoms with Crippen molar-refractivity contribution in [2.45, 2.75) is 39.8 Å². The summed E-state index contributed by atoms with van der Waals surface area (Å²) in [6.07, 6.45) is 1.72. The number of fused-ring (bicyclic) bond motifs is 1. The number of benzene rings is 1. The van der Waals surface area contributed by atoms with E-state index in [2.05, 4.69) is 15.4 Å². The van der Waals surface area contributed by atoms with Crippen molar-refractivity contribution in [1.82, 2.24) is 20.1 Å². The number of halogens is 1. The van der Waals surface area contributed by atoms with E-state index in [0.717, 1.165) is 16.6 Å². The van der Waals surface area contributed by atoms with Crippen LogP contribution in [0, 0.1) is 12.7 Å². The zero-order valence-corrected chi connectivity index (χ0v) is 14.7. The van der Waals surface area contributed by atoms with E-state index in [4.69, 9.17) is 0 Å². The molecule has 0 unspecified atom stereocenters. The minimum Gasteiger partial charge on any atom is -0.345 e. The van der Waals surface area contributed by atoms with Crippen LogP contribution in [0.2, 0.25) is 0 Å². The topological polar surface area (TPSA) is 59.8 Å². The van der Waals surface area contributed by atoms with Crippen LogP contribution in [0.5, 0.6) is 0 Å². The van der Waals surface area contributed by atoms with E-state index in [0.29, 0.717) is 11.3 Å². The lowest BCUT2D eigenvalue weighted by molar-refractivity contribution is 0.0939. The fraction of sp³-hybridized carbons (Fsp3) is 0.316. The van der Waals surface area contributed by atoms with Crippen LogP contribution < -0.4 is 5.32 Å². The number of pyridine rings is 1. The molecule has 0 aliphatic carbocycles. The van der Waals surface area contributed by atoms with Gasteiger partial charge in [0.25, 0.3) is 5.91 Å². The van der Waals surface area contributed by atoms with Crippen LogP contribution in [0.4, 0.5) is 4.39 Å². The molecule has 1 atom stereocenters. The van der Waals surface area contributed by atoms with Gasteiger partial charge in [-0.1, -0.05) is 12.1 Å². The molecule has 0 radical (unpaired) electrons. The molecule has 1 aromatic carbocycles. The van der Waals surface area contributed by atoms with Crippen molar-refractivity contribution in [1.29, 1.82) is 0 Å². The normalized spacial score (nSPS) is 12.6. The lowest BCUT2D eigenvalue weighted by atomic mass is 10.1. The van der Waals surface area contributed by atoms with Gasteiger partial charge >= 0.3 is 0 Å². The maximum Gasteiger partial charge on any atom is 0.253 e. The molecule has 1 amide bonds. The molecule has 1 N–H and O–H groups in total. The first kappa shape index (κ1) is 17.1. The van der Waals surface area contributed by atoms with Gasteiger partial charge in [0, 0.05) is 11.4 Å². The van der Waals surface area contributed by atoms with Crippen LogP contribution in [0.1, 0.15) is 54.5 Å². The summed E-state index contributed by atoms with van der Waals surface area (Å²) in [6.45, 7) is 7.75. The van der Waals surface area contributed by atoms with E-state index in [9.17, 15) is 9.18 Å². The first-order chi connectivity index (χ1) is 11.9. The van der Waals surface area contributed by atoms with E-state index < -0.39 is 0 Å². The van der Waals surface area contributed by atoms with Crippen LogP contribution in [-0.2, 0) is 0 Å². The highest BCUT2D eigenvalue weighted by Gasteiger charge is 2.17. The first-order valence-electron chi connectivity index (χ1n) is 8.28. The first-order valence-corrected chi connectivity index (χ1v) is 8.28. The molecule has 6 heteroatoms. The Morgan fingerprint density at radius 3 is 2.52 bits per heavy atom. The summed E-state index contributed by atoms with van der Waals surface area (Å²) in [6, 6.07) is 7.89. The summed E-state index contributed by atoms with van der Waals surface area (Å²) < 4.78 is 14.9. The third-order valence-electron chi connectivity index (χ3n) is 4.21. The summed E-state index contributed by atoms with van der Waals surface area (Å²) in [5.74, 6) is -0.504. The lowest BCUT2D eigenvalue weighted by Gasteiger charge is -2.15. The second-order valence-electron chi connectivity index (χ2n) is 6.46. The predicted octanol–water partition coefficient (Wildman–Crippen LogP) is 3.95. The third kappa shape index (κ3) is 3.38. The minimum atomic E-state index is -0.296. The van der Waals surface area contributed by atoms with Gasteiger partial charge in [0.05, 0.1) is 23.5 Å². The molecule has 0 aliphatic heterocycles. The Hall–Kier alpha value is -2.76. The Balaban J connectivity index is 1.86. The number of carbonyl (C=O) groups is 1. The maximum atomic E-state index is 13.0. The highest BCUT2D eigenvalue weighted by atomic mass is 19.1. The van der Waals surface area contributed by atoms with E-state index in [-0.39, 0.29) is 23.8 Å². The van der Waals surface area contributed by atoms with Gasteiger partial charge in [0.15, 0.2) is 5.65 Å². The highest BCUT2D eigenvalue weighted by Crippen LogP contribution is 2.20. The van der Waals surface area contributed by atoms with Crippen LogP contribution in [0.25, 0.3) is 11.0 Å². The van der Waals surface area contributed by atoms with Crippen molar-refractivity contribution in [3.05, 3.63) is 59.2 Å². The summed E-state index contributed by atoms with van der Waals surface area (Å²) >= 11 is 0. The molecule has 2 heterocycles. The Kier molecular flexibility index (Phi) is 4.53. The molecular weight excluding hydrogens is 319 g/mol. The largest absolute Gasteiger partial charge is 0.345 e. The fourth-order valence-electron chi connectivity index (χ4n) is 2.78. The van der Waals surface area contributed by atoms with E-state index in [1.54, 1.807) is 18.3 Å². The molecule has 5 nitrogen and oxygen atoms in total. The monoisotopic (exact) mass is 340 g/mol. The van der Waals surface area contributed by atoms with Crippen LogP contribution in [0.15, 0.2) is 36.5 Å². The smallest absolute Gasteiger partial charge is 0.253 e. The fourth-order valence-corrected chi connectivity index (χ4v) is 2.78.